The standard InChI is InChI=1S/C22H26N2O3/c1-4-23(5-2)14-15-24-20(16-10-6-8-12-18(16)21(24)25)17-11-7-9-13-19(17)22(26)27-3/h6-13,20H,4-5,14-15H2,1-3H3. The van der Waals surface area contributed by atoms with Crippen molar-refractivity contribution >= 4 is 11.9 Å². The van der Waals surface area contributed by atoms with Crippen molar-refractivity contribution in [2.75, 3.05) is 33.3 Å². The number of methoxy groups -OCH3 is 1. The van der Waals surface area contributed by atoms with Crippen LogP contribution in [-0.2, 0) is 4.74 Å². The van der Waals surface area contributed by atoms with Gasteiger partial charge in [-0.05, 0) is 36.3 Å². The molecule has 3 rings (SSSR count). The van der Waals surface area contributed by atoms with Crippen LogP contribution in [0.5, 0.6) is 0 Å². The normalized spacial score (nSPS) is 15.9. The number of benzene rings is 2. The molecule has 0 saturated carbocycles. The van der Waals surface area contributed by atoms with E-state index in [0.717, 1.165) is 30.8 Å². The van der Waals surface area contributed by atoms with E-state index in [2.05, 4.69) is 18.7 Å². The molecule has 2 aromatic rings. The van der Waals surface area contributed by atoms with Crippen LogP contribution in [0.25, 0.3) is 0 Å². The molecule has 1 aliphatic rings. The van der Waals surface area contributed by atoms with Gasteiger partial charge in [0.25, 0.3) is 5.91 Å². The van der Waals surface area contributed by atoms with Gasteiger partial charge in [-0.25, -0.2) is 4.79 Å². The molecule has 0 saturated heterocycles. The molecule has 142 valence electrons. The maximum Gasteiger partial charge on any atom is 0.338 e. The van der Waals surface area contributed by atoms with Crippen LogP contribution in [0, 0.1) is 0 Å². The zero-order valence-corrected chi connectivity index (χ0v) is 16.1. The highest BCUT2D eigenvalue weighted by atomic mass is 16.5. The second-order valence-electron chi connectivity index (χ2n) is 6.59. The van der Waals surface area contributed by atoms with Gasteiger partial charge in [0.05, 0.1) is 18.7 Å². The Bertz CT molecular complexity index is 830. The SMILES string of the molecule is CCN(CC)CCN1C(=O)c2ccccc2C1c1ccccc1C(=O)OC. The Morgan fingerprint density at radius 2 is 1.67 bits per heavy atom. The smallest absolute Gasteiger partial charge is 0.338 e. The molecule has 1 atom stereocenters. The number of nitrogens with zero attached hydrogens (tertiary/aromatic N) is 2. The molecule has 27 heavy (non-hydrogen) atoms. The zero-order chi connectivity index (χ0) is 19.4. The molecule has 5 nitrogen and oxygen atoms in total. The van der Waals surface area contributed by atoms with Crippen molar-refractivity contribution < 1.29 is 14.3 Å². The van der Waals surface area contributed by atoms with Crippen molar-refractivity contribution in [3.8, 4) is 0 Å². The van der Waals surface area contributed by atoms with Gasteiger partial charge >= 0.3 is 5.97 Å². The van der Waals surface area contributed by atoms with E-state index in [1.54, 1.807) is 6.07 Å². The fourth-order valence-electron chi connectivity index (χ4n) is 3.76. The third-order valence-electron chi connectivity index (χ3n) is 5.27. The molecule has 0 N–H and O–H groups in total. The highest BCUT2D eigenvalue weighted by molar-refractivity contribution is 6.00. The number of rotatable bonds is 7. The minimum Gasteiger partial charge on any atom is -0.465 e. The van der Waals surface area contributed by atoms with Crippen molar-refractivity contribution in [3.05, 3.63) is 70.8 Å². The summed E-state index contributed by atoms with van der Waals surface area (Å²) in [7, 11) is 1.38. The molecular weight excluding hydrogens is 340 g/mol. The lowest BCUT2D eigenvalue weighted by Gasteiger charge is -2.29. The van der Waals surface area contributed by atoms with E-state index in [-0.39, 0.29) is 17.9 Å². The fraction of sp³-hybridized carbons (Fsp3) is 0.364. The summed E-state index contributed by atoms with van der Waals surface area (Å²) in [5.41, 5.74) is 2.96. The van der Waals surface area contributed by atoms with E-state index in [0.29, 0.717) is 17.7 Å². The fourth-order valence-corrected chi connectivity index (χ4v) is 3.76. The second kappa shape index (κ2) is 8.35. The Morgan fingerprint density at radius 1 is 1.04 bits per heavy atom. The van der Waals surface area contributed by atoms with E-state index in [1.807, 2.05) is 47.4 Å². The van der Waals surface area contributed by atoms with E-state index in [4.69, 9.17) is 4.74 Å². The molecule has 1 amide bonds. The van der Waals surface area contributed by atoms with Crippen LogP contribution < -0.4 is 0 Å². The molecule has 0 radical (unpaired) electrons. The lowest BCUT2D eigenvalue weighted by atomic mass is 9.94. The van der Waals surface area contributed by atoms with Crippen molar-refractivity contribution in [2.24, 2.45) is 0 Å². The van der Waals surface area contributed by atoms with Crippen LogP contribution in [-0.4, -0.2) is 55.0 Å². The lowest BCUT2D eigenvalue weighted by Crippen LogP contribution is -2.37. The number of fused-ring (bicyclic) bond motifs is 1. The molecule has 0 fully saturated rings. The Labute approximate surface area is 160 Å². The first-order chi connectivity index (χ1) is 13.1. The summed E-state index contributed by atoms with van der Waals surface area (Å²) in [6.45, 7) is 7.52. The first-order valence-electron chi connectivity index (χ1n) is 9.41. The topological polar surface area (TPSA) is 49.9 Å². The number of carbonyl (C=O) groups excluding carboxylic acids is 2. The van der Waals surface area contributed by atoms with Crippen LogP contribution >= 0.6 is 0 Å². The Hall–Kier alpha value is -2.66. The highest BCUT2D eigenvalue weighted by Crippen LogP contribution is 2.39. The van der Waals surface area contributed by atoms with Gasteiger partial charge in [-0.1, -0.05) is 50.2 Å². The average molecular weight is 366 g/mol. The molecule has 0 bridgehead atoms. The number of amides is 1. The van der Waals surface area contributed by atoms with Crippen molar-refractivity contribution in [1.29, 1.82) is 0 Å². The van der Waals surface area contributed by atoms with Gasteiger partial charge in [0.2, 0.25) is 0 Å². The third-order valence-corrected chi connectivity index (χ3v) is 5.27. The van der Waals surface area contributed by atoms with E-state index in [9.17, 15) is 9.59 Å². The van der Waals surface area contributed by atoms with Crippen LogP contribution in [0.15, 0.2) is 48.5 Å². The van der Waals surface area contributed by atoms with Crippen LogP contribution in [0.4, 0.5) is 0 Å². The molecule has 5 heteroatoms. The molecule has 1 heterocycles. The van der Waals surface area contributed by atoms with Crippen LogP contribution in [0.1, 0.15) is 51.7 Å². The monoisotopic (exact) mass is 366 g/mol. The van der Waals surface area contributed by atoms with Gasteiger partial charge in [-0.3, -0.25) is 4.79 Å². The van der Waals surface area contributed by atoms with Crippen molar-refractivity contribution in [3.63, 3.8) is 0 Å². The van der Waals surface area contributed by atoms with Gasteiger partial charge in [0.1, 0.15) is 0 Å². The van der Waals surface area contributed by atoms with Gasteiger partial charge in [-0.15, -0.1) is 0 Å². The number of esters is 1. The predicted octanol–water partition coefficient (Wildman–Crippen LogP) is 3.36. The summed E-state index contributed by atoms with van der Waals surface area (Å²) < 4.78 is 4.97. The van der Waals surface area contributed by atoms with E-state index < -0.39 is 0 Å². The molecule has 0 aliphatic carbocycles. The minimum absolute atomic E-state index is 0.0161. The average Bonchev–Trinajstić information content (AvgIpc) is 3.00. The van der Waals surface area contributed by atoms with Gasteiger partial charge < -0.3 is 14.5 Å². The summed E-state index contributed by atoms with van der Waals surface area (Å²) >= 11 is 0. The summed E-state index contributed by atoms with van der Waals surface area (Å²) in [5, 5.41) is 0. The Balaban J connectivity index is 2.04. The maximum absolute atomic E-state index is 13.1. The Kier molecular flexibility index (Phi) is 5.91. The van der Waals surface area contributed by atoms with Crippen molar-refractivity contribution in [1.82, 2.24) is 9.80 Å². The van der Waals surface area contributed by atoms with E-state index in [1.165, 1.54) is 7.11 Å². The largest absolute Gasteiger partial charge is 0.465 e. The summed E-state index contributed by atoms with van der Waals surface area (Å²) in [6.07, 6.45) is 0. The number of ether oxygens (including phenoxy) is 1. The third kappa shape index (κ3) is 3.60. The first-order valence-corrected chi connectivity index (χ1v) is 9.41. The van der Waals surface area contributed by atoms with Crippen LogP contribution in [0.3, 0.4) is 0 Å². The summed E-state index contributed by atoms with van der Waals surface area (Å²) in [4.78, 5) is 29.6. The summed E-state index contributed by atoms with van der Waals surface area (Å²) in [6, 6.07) is 14.8. The minimum atomic E-state index is -0.383. The number of carbonyl (C=O) groups is 2. The highest BCUT2D eigenvalue weighted by Gasteiger charge is 2.38. The van der Waals surface area contributed by atoms with Crippen LogP contribution in [0.2, 0.25) is 0 Å². The zero-order valence-electron chi connectivity index (χ0n) is 16.1. The maximum atomic E-state index is 13.1. The van der Waals surface area contributed by atoms with Crippen molar-refractivity contribution in [2.45, 2.75) is 19.9 Å². The molecule has 0 aromatic heterocycles. The van der Waals surface area contributed by atoms with Gasteiger partial charge in [0.15, 0.2) is 0 Å². The predicted molar refractivity (Wildman–Crippen MR) is 105 cm³/mol. The molecule has 0 spiro atoms. The second-order valence-corrected chi connectivity index (χ2v) is 6.59. The van der Waals surface area contributed by atoms with Gasteiger partial charge in [-0.2, -0.15) is 0 Å². The molecule has 1 unspecified atom stereocenters. The summed E-state index contributed by atoms with van der Waals surface area (Å²) in [5.74, 6) is -0.367. The molecule has 1 aliphatic heterocycles. The quantitative estimate of drug-likeness (QED) is 0.705. The van der Waals surface area contributed by atoms with E-state index >= 15 is 0 Å². The molecular formula is C22H26N2O3. The lowest BCUT2D eigenvalue weighted by molar-refractivity contribution is 0.0592. The number of hydrogen-bond acceptors (Lipinski definition) is 4. The van der Waals surface area contributed by atoms with Gasteiger partial charge in [0, 0.05) is 18.7 Å². The number of likely N-dealkylation sites (N-methyl/N-ethyl adjacent to an activating group) is 1. The molecule has 2 aromatic carbocycles. The first kappa shape index (κ1) is 19.1. The Morgan fingerprint density at radius 3 is 2.33 bits per heavy atom. The number of hydrogen-bond donors (Lipinski definition) is 0.